The standard InChI is InChI=1S/C16H25NO/c1-2-12-4-3-5-14(10-12)16(17)11-13-6-8-15(18)9-7-13/h6-9,12,14,16,18H,2-5,10-11,17H2,1H3. The molecule has 0 aliphatic heterocycles. The summed E-state index contributed by atoms with van der Waals surface area (Å²) in [6.07, 6.45) is 7.54. The fourth-order valence-corrected chi connectivity index (χ4v) is 3.16. The molecule has 2 heteroatoms. The minimum absolute atomic E-state index is 0.267. The van der Waals surface area contributed by atoms with Crippen LogP contribution >= 0.6 is 0 Å². The molecule has 3 N–H and O–H groups in total. The molecule has 1 aliphatic carbocycles. The van der Waals surface area contributed by atoms with Crippen molar-refractivity contribution in [2.24, 2.45) is 17.6 Å². The van der Waals surface area contributed by atoms with Gasteiger partial charge in [0.15, 0.2) is 0 Å². The quantitative estimate of drug-likeness (QED) is 0.855. The number of phenolic OH excluding ortho intramolecular Hbond substituents is 1. The third-order valence-electron chi connectivity index (χ3n) is 4.41. The van der Waals surface area contributed by atoms with Gasteiger partial charge in [-0.2, -0.15) is 0 Å². The summed E-state index contributed by atoms with van der Waals surface area (Å²) < 4.78 is 0. The van der Waals surface area contributed by atoms with E-state index < -0.39 is 0 Å². The summed E-state index contributed by atoms with van der Waals surface area (Å²) in [6, 6.07) is 7.73. The van der Waals surface area contributed by atoms with Gasteiger partial charge in [-0.25, -0.2) is 0 Å². The second-order valence-corrected chi connectivity index (χ2v) is 5.74. The van der Waals surface area contributed by atoms with Gasteiger partial charge in [-0.05, 0) is 48.8 Å². The molecule has 0 amide bonds. The van der Waals surface area contributed by atoms with Crippen LogP contribution in [0.2, 0.25) is 0 Å². The Morgan fingerprint density at radius 2 is 2.00 bits per heavy atom. The lowest BCUT2D eigenvalue weighted by atomic mass is 9.76. The van der Waals surface area contributed by atoms with Crippen LogP contribution in [0, 0.1) is 11.8 Å². The van der Waals surface area contributed by atoms with Gasteiger partial charge in [-0.3, -0.25) is 0 Å². The van der Waals surface area contributed by atoms with Crippen molar-refractivity contribution < 1.29 is 5.11 Å². The second kappa shape index (κ2) is 6.24. The summed E-state index contributed by atoms with van der Waals surface area (Å²) in [7, 11) is 0. The predicted octanol–water partition coefficient (Wildman–Crippen LogP) is 3.48. The second-order valence-electron chi connectivity index (χ2n) is 5.74. The summed E-state index contributed by atoms with van der Waals surface area (Å²) in [5.41, 5.74) is 7.61. The first-order valence-corrected chi connectivity index (χ1v) is 7.22. The van der Waals surface area contributed by atoms with Gasteiger partial charge in [0, 0.05) is 6.04 Å². The van der Waals surface area contributed by atoms with E-state index in [-0.39, 0.29) is 6.04 Å². The van der Waals surface area contributed by atoms with Crippen molar-refractivity contribution >= 4 is 0 Å². The molecular weight excluding hydrogens is 222 g/mol. The van der Waals surface area contributed by atoms with E-state index >= 15 is 0 Å². The molecule has 0 radical (unpaired) electrons. The van der Waals surface area contributed by atoms with E-state index in [1.807, 2.05) is 12.1 Å². The van der Waals surface area contributed by atoms with Crippen molar-refractivity contribution in [3.05, 3.63) is 29.8 Å². The van der Waals surface area contributed by atoms with E-state index in [0.29, 0.717) is 11.7 Å². The van der Waals surface area contributed by atoms with Crippen LogP contribution in [0.15, 0.2) is 24.3 Å². The molecule has 3 atom stereocenters. The zero-order valence-corrected chi connectivity index (χ0v) is 11.3. The maximum Gasteiger partial charge on any atom is 0.115 e. The molecule has 1 fully saturated rings. The van der Waals surface area contributed by atoms with Crippen LogP contribution in [-0.4, -0.2) is 11.1 Å². The molecule has 2 rings (SSSR count). The molecule has 0 heterocycles. The minimum atomic E-state index is 0.267. The summed E-state index contributed by atoms with van der Waals surface area (Å²) in [4.78, 5) is 0. The van der Waals surface area contributed by atoms with Crippen LogP contribution in [0.4, 0.5) is 0 Å². The van der Waals surface area contributed by atoms with Gasteiger partial charge in [0.05, 0.1) is 0 Å². The Labute approximate surface area is 110 Å². The average Bonchev–Trinajstić information content (AvgIpc) is 2.41. The van der Waals surface area contributed by atoms with Gasteiger partial charge in [0.1, 0.15) is 5.75 Å². The molecule has 100 valence electrons. The molecule has 1 saturated carbocycles. The first-order valence-electron chi connectivity index (χ1n) is 7.22. The van der Waals surface area contributed by atoms with E-state index in [9.17, 15) is 5.11 Å². The van der Waals surface area contributed by atoms with Crippen molar-refractivity contribution in [1.82, 2.24) is 0 Å². The lowest BCUT2D eigenvalue weighted by molar-refractivity contribution is 0.228. The van der Waals surface area contributed by atoms with Crippen molar-refractivity contribution in [3.8, 4) is 5.75 Å². The monoisotopic (exact) mass is 247 g/mol. The van der Waals surface area contributed by atoms with Gasteiger partial charge in [0.2, 0.25) is 0 Å². The smallest absolute Gasteiger partial charge is 0.115 e. The first kappa shape index (κ1) is 13.4. The van der Waals surface area contributed by atoms with Crippen molar-refractivity contribution in [2.45, 2.75) is 51.5 Å². The lowest BCUT2D eigenvalue weighted by Gasteiger charge is -2.32. The summed E-state index contributed by atoms with van der Waals surface area (Å²) >= 11 is 0. The van der Waals surface area contributed by atoms with E-state index in [0.717, 1.165) is 12.3 Å². The number of hydrogen-bond acceptors (Lipinski definition) is 2. The highest BCUT2D eigenvalue weighted by Gasteiger charge is 2.25. The van der Waals surface area contributed by atoms with Crippen LogP contribution < -0.4 is 5.73 Å². The third kappa shape index (κ3) is 3.49. The van der Waals surface area contributed by atoms with Crippen LogP contribution in [0.1, 0.15) is 44.6 Å². The van der Waals surface area contributed by atoms with Crippen molar-refractivity contribution in [3.63, 3.8) is 0 Å². The molecule has 0 saturated heterocycles. The highest BCUT2D eigenvalue weighted by molar-refractivity contribution is 5.26. The number of rotatable bonds is 4. The van der Waals surface area contributed by atoms with E-state index in [1.165, 1.54) is 37.7 Å². The maximum absolute atomic E-state index is 9.27. The fraction of sp³-hybridized carbons (Fsp3) is 0.625. The number of hydrogen-bond donors (Lipinski definition) is 2. The number of benzene rings is 1. The molecule has 1 aromatic carbocycles. The predicted molar refractivity (Wildman–Crippen MR) is 75.5 cm³/mol. The minimum Gasteiger partial charge on any atom is -0.508 e. The maximum atomic E-state index is 9.27. The number of nitrogens with two attached hydrogens (primary N) is 1. The SMILES string of the molecule is CCC1CCCC(C(N)Cc2ccc(O)cc2)C1. The van der Waals surface area contributed by atoms with Crippen molar-refractivity contribution in [2.75, 3.05) is 0 Å². The van der Waals surface area contributed by atoms with Crippen LogP contribution in [-0.2, 0) is 6.42 Å². The first-order chi connectivity index (χ1) is 8.69. The van der Waals surface area contributed by atoms with Crippen LogP contribution in [0.25, 0.3) is 0 Å². The zero-order valence-electron chi connectivity index (χ0n) is 11.3. The lowest BCUT2D eigenvalue weighted by Crippen LogP contribution is -2.35. The van der Waals surface area contributed by atoms with Gasteiger partial charge in [0.25, 0.3) is 0 Å². The highest BCUT2D eigenvalue weighted by atomic mass is 16.3. The highest BCUT2D eigenvalue weighted by Crippen LogP contribution is 2.33. The average molecular weight is 247 g/mol. The Morgan fingerprint density at radius 3 is 2.67 bits per heavy atom. The van der Waals surface area contributed by atoms with Crippen LogP contribution in [0.3, 0.4) is 0 Å². The Hall–Kier alpha value is -1.02. The molecule has 1 aliphatic rings. The Kier molecular flexibility index (Phi) is 4.65. The van der Waals surface area contributed by atoms with E-state index in [2.05, 4.69) is 6.92 Å². The molecule has 2 nitrogen and oxygen atoms in total. The van der Waals surface area contributed by atoms with E-state index in [4.69, 9.17) is 5.73 Å². The summed E-state index contributed by atoms with van der Waals surface area (Å²) in [6.45, 7) is 2.29. The molecule has 0 spiro atoms. The largest absolute Gasteiger partial charge is 0.508 e. The van der Waals surface area contributed by atoms with Gasteiger partial charge < -0.3 is 10.8 Å². The molecule has 18 heavy (non-hydrogen) atoms. The van der Waals surface area contributed by atoms with Gasteiger partial charge in [-0.1, -0.05) is 38.3 Å². The number of aromatic hydroxyl groups is 1. The third-order valence-corrected chi connectivity index (χ3v) is 4.41. The van der Waals surface area contributed by atoms with Crippen molar-refractivity contribution in [1.29, 1.82) is 0 Å². The Bertz CT molecular complexity index is 360. The summed E-state index contributed by atoms with van der Waals surface area (Å²) in [5, 5.41) is 9.27. The fourth-order valence-electron chi connectivity index (χ4n) is 3.16. The molecular formula is C16H25NO. The van der Waals surface area contributed by atoms with Gasteiger partial charge >= 0.3 is 0 Å². The molecule has 3 unspecified atom stereocenters. The molecule has 0 bridgehead atoms. The van der Waals surface area contributed by atoms with Crippen LogP contribution in [0.5, 0.6) is 5.75 Å². The number of phenols is 1. The van der Waals surface area contributed by atoms with E-state index in [1.54, 1.807) is 12.1 Å². The normalized spacial score (nSPS) is 25.9. The molecule has 1 aromatic rings. The summed E-state index contributed by atoms with van der Waals surface area (Å²) in [5.74, 6) is 1.89. The zero-order chi connectivity index (χ0) is 13.0. The molecule has 0 aromatic heterocycles. The topological polar surface area (TPSA) is 46.2 Å². The van der Waals surface area contributed by atoms with Gasteiger partial charge in [-0.15, -0.1) is 0 Å². The Balaban J connectivity index is 1.90. The Morgan fingerprint density at radius 1 is 1.28 bits per heavy atom.